The molecule has 5 heteroatoms. The number of carbonyl (C=O) groups is 1. The summed E-state index contributed by atoms with van der Waals surface area (Å²) in [5, 5.41) is 4.88. The van der Waals surface area contributed by atoms with Gasteiger partial charge in [0.05, 0.1) is 9.26 Å². The molecule has 114 valence electrons. The smallest absolute Gasteiger partial charge is 0.412 e. The van der Waals surface area contributed by atoms with Crippen molar-refractivity contribution in [2.75, 3.05) is 5.32 Å². The fraction of sp³-hybridized carbons (Fsp3) is 0.235. The van der Waals surface area contributed by atoms with E-state index in [1.54, 1.807) is 0 Å². The van der Waals surface area contributed by atoms with E-state index in [1.165, 1.54) is 0 Å². The van der Waals surface area contributed by atoms with Crippen LogP contribution in [-0.4, -0.2) is 11.7 Å². The highest BCUT2D eigenvalue weighted by atomic mass is 127. The van der Waals surface area contributed by atoms with Crippen molar-refractivity contribution in [3.63, 3.8) is 0 Å². The lowest BCUT2D eigenvalue weighted by molar-refractivity contribution is 0.0636. The molecule has 0 aliphatic heterocycles. The minimum Gasteiger partial charge on any atom is -0.455 e. The normalized spacial score (nSPS) is 11.8. The molecule has 0 saturated heterocycles. The van der Waals surface area contributed by atoms with Crippen molar-refractivity contribution in [2.24, 2.45) is 0 Å². The molecule has 0 unspecified atom stereocenters. The lowest BCUT2D eigenvalue weighted by Gasteiger charge is -2.20. The average Bonchev–Trinajstić information content (AvgIpc) is 2.79. The van der Waals surface area contributed by atoms with Crippen molar-refractivity contribution in [1.82, 2.24) is 0 Å². The monoisotopic (exact) mass is 409 g/mol. The molecule has 22 heavy (non-hydrogen) atoms. The molecule has 1 N–H and O–H groups in total. The fourth-order valence-corrected chi connectivity index (χ4v) is 2.98. The predicted octanol–water partition coefficient (Wildman–Crippen LogP) is 5.54. The summed E-state index contributed by atoms with van der Waals surface area (Å²) in [5.41, 5.74) is 1.76. The van der Waals surface area contributed by atoms with Crippen LogP contribution in [0.2, 0.25) is 0 Å². The van der Waals surface area contributed by atoms with Gasteiger partial charge >= 0.3 is 6.09 Å². The first kappa shape index (κ1) is 15.1. The molecule has 0 aliphatic rings. The van der Waals surface area contributed by atoms with E-state index in [9.17, 15) is 4.79 Å². The van der Waals surface area contributed by atoms with Crippen LogP contribution in [0.3, 0.4) is 0 Å². The maximum absolute atomic E-state index is 11.9. The van der Waals surface area contributed by atoms with Crippen molar-refractivity contribution < 1.29 is 13.9 Å². The number of hydrogen-bond acceptors (Lipinski definition) is 3. The molecule has 1 amide bonds. The predicted molar refractivity (Wildman–Crippen MR) is 96.3 cm³/mol. The van der Waals surface area contributed by atoms with Gasteiger partial charge in [-0.05, 0) is 61.6 Å². The second kappa shape index (κ2) is 5.46. The number of anilines is 1. The summed E-state index contributed by atoms with van der Waals surface area (Å²) >= 11 is 2.18. The zero-order chi connectivity index (χ0) is 15.9. The maximum atomic E-state index is 11.9. The van der Waals surface area contributed by atoms with Crippen LogP contribution in [0.25, 0.3) is 21.9 Å². The Hall–Kier alpha value is -1.76. The molecule has 3 aromatic rings. The topological polar surface area (TPSA) is 51.5 Å². The number of nitrogens with one attached hydrogen (secondary N) is 1. The third-order valence-corrected chi connectivity index (χ3v) is 4.19. The van der Waals surface area contributed by atoms with Gasteiger partial charge in [-0.1, -0.05) is 18.2 Å². The lowest BCUT2D eigenvalue weighted by Crippen LogP contribution is -2.27. The van der Waals surface area contributed by atoms with Crippen LogP contribution in [0.1, 0.15) is 20.8 Å². The number of halogens is 1. The molecule has 0 radical (unpaired) electrons. The van der Waals surface area contributed by atoms with Gasteiger partial charge in [-0.15, -0.1) is 0 Å². The first-order valence-corrected chi connectivity index (χ1v) is 8.03. The summed E-state index contributed by atoms with van der Waals surface area (Å²) < 4.78 is 12.0. The number of furan rings is 1. The van der Waals surface area contributed by atoms with E-state index in [0.29, 0.717) is 5.69 Å². The Kier molecular flexibility index (Phi) is 3.76. The highest BCUT2D eigenvalue weighted by Crippen LogP contribution is 2.35. The number of fused-ring (bicyclic) bond motifs is 3. The number of carbonyl (C=O) groups excluding carboxylic acids is 1. The van der Waals surface area contributed by atoms with Gasteiger partial charge in [0.25, 0.3) is 0 Å². The van der Waals surface area contributed by atoms with Crippen LogP contribution in [0, 0.1) is 3.57 Å². The molecular formula is C17H16INO3. The van der Waals surface area contributed by atoms with Crippen LogP contribution >= 0.6 is 22.6 Å². The van der Waals surface area contributed by atoms with Crippen molar-refractivity contribution in [2.45, 2.75) is 26.4 Å². The van der Waals surface area contributed by atoms with E-state index < -0.39 is 11.7 Å². The van der Waals surface area contributed by atoms with Gasteiger partial charge in [-0.25, -0.2) is 4.79 Å². The fourth-order valence-electron chi connectivity index (χ4n) is 2.27. The summed E-state index contributed by atoms with van der Waals surface area (Å²) in [7, 11) is 0. The van der Waals surface area contributed by atoms with Crippen LogP contribution in [0.4, 0.5) is 10.5 Å². The second-order valence-electron chi connectivity index (χ2n) is 6.03. The van der Waals surface area contributed by atoms with Gasteiger partial charge in [0.15, 0.2) is 5.58 Å². The third-order valence-electron chi connectivity index (χ3n) is 3.12. The van der Waals surface area contributed by atoms with E-state index in [2.05, 4.69) is 27.9 Å². The summed E-state index contributed by atoms with van der Waals surface area (Å²) in [6, 6.07) is 11.7. The Morgan fingerprint density at radius 2 is 1.86 bits per heavy atom. The van der Waals surface area contributed by atoms with Gasteiger partial charge in [-0.3, -0.25) is 5.32 Å². The van der Waals surface area contributed by atoms with Gasteiger partial charge in [0, 0.05) is 10.8 Å². The third kappa shape index (κ3) is 2.90. The number of amides is 1. The van der Waals surface area contributed by atoms with Crippen molar-refractivity contribution >= 4 is 56.3 Å². The Balaban J connectivity index is 2.00. The van der Waals surface area contributed by atoms with E-state index in [-0.39, 0.29) is 0 Å². The van der Waals surface area contributed by atoms with E-state index in [4.69, 9.17) is 9.15 Å². The van der Waals surface area contributed by atoms with Crippen molar-refractivity contribution in [3.05, 3.63) is 40.0 Å². The SMILES string of the molecule is CC(C)(C)OC(=O)Nc1ccc2c(oc3ccccc32)c1I. The Morgan fingerprint density at radius 3 is 2.59 bits per heavy atom. The first-order chi connectivity index (χ1) is 10.3. The standard InChI is InChI=1S/C17H16INO3/c1-17(2,3)22-16(20)19-12-9-8-11-10-6-4-5-7-13(10)21-15(11)14(12)18/h4-9H,1-3H3,(H,19,20). The molecule has 4 nitrogen and oxygen atoms in total. The molecule has 0 bridgehead atoms. The molecule has 0 fully saturated rings. The van der Waals surface area contributed by atoms with E-state index in [0.717, 1.165) is 25.5 Å². The number of para-hydroxylation sites is 1. The van der Waals surface area contributed by atoms with Crippen LogP contribution in [0.5, 0.6) is 0 Å². The number of benzene rings is 2. The number of hydrogen-bond donors (Lipinski definition) is 1. The minimum atomic E-state index is -0.529. The average molecular weight is 409 g/mol. The van der Waals surface area contributed by atoms with Crippen molar-refractivity contribution in [1.29, 1.82) is 0 Å². The highest BCUT2D eigenvalue weighted by molar-refractivity contribution is 14.1. The van der Waals surface area contributed by atoms with E-state index >= 15 is 0 Å². The molecule has 0 spiro atoms. The summed E-state index contributed by atoms with van der Waals surface area (Å²) in [6.45, 7) is 5.50. The Bertz CT molecular complexity index is 861. The zero-order valence-electron chi connectivity index (χ0n) is 12.6. The molecule has 0 atom stereocenters. The number of rotatable bonds is 1. The lowest BCUT2D eigenvalue weighted by atomic mass is 10.1. The Morgan fingerprint density at radius 1 is 1.14 bits per heavy atom. The molecular weight excluding hydrogens is 393 g/mol. The van der Waals surface area contributed by atoms with Crippen LogP contribution < -0.4 is 5.32 Å². The van der Waals surface area contributed by atoms with E-state index in [1.807, 2.05) is 57.2 Å². The Labute approximate surface area is 142 Å². The van der Waals surface area contributed by atoms with Gasteiger partial charge in [-0.2, -0.15) is 0 Å². The summed E-state index contributed by atoms with van der Waals surface area (Å²) in [5.74, 6) is 0. The van der Waals surface area contributed by atoms with Crippen LogP contribution in [-0.2, 0) is 4.74 Å². The largest absolute Gasteiger partial charge is 0.455 e. The summed E-state index contributed by atoms with van der Waals surface area (Å²) in [4.78, 5) is 11.9. The quantitative estimate of drug-likeness (QED) is 0.537. The zero-order valence-corrected chi connectivity index (χ0v) is 14.7. The van der Waals surface area contributed by atoms with Gasteiger partial charge in [0.1, 0.15) is 11.2 Å². The number of ether oxygens (including phenoxy) is 1. The molecule has 3 rings (SSSR count). The highest BCUT2D eigenvalue weighted by Gasteiger charge is 2.18. The molecule has 2 aromatic carbocycles. The second-order valence-corrected chi connectivity index (χ2v) is 7.11. The molecule has 1 heterocycles. The molecule has 1 aromatic heterocycles. The van der Waals surface area contributed by atoms with Gasteiger partial charge in [0.2, 0.25) is 0 Å². The van der Waals surface area contributed by atoms with Crippen LogP contribution in [0.15, 0.2) is 40.8 Å². The van der Waals surface area contributed by atoms with Crippen molar-refractivity contribution in [3.8, 4) is 0 Å². The molecule has 0 aliphatic carbocycles. The van der Waals surface area contributed by atoms with Gasteiger partial charge < -0.3 is 9.15 Å². The maximum Gasteiger partial charge on any atom is 0.412 e. The summed E-state index contributed by atoms with van der Waals surface area (Å²) in [6.07, 6.45) is -0.471. The molecule has 0 saturated carbocycles. The minimum absolute atomic E-state index is 0.471. The first-order valence-electron chi connectivity index (χ1n) is 6.95.